The lowest BCUT2D eigenvalue weighted by molar-refractivity contribution is -0.125. The first-order chi connectivity index (χ1) is 11.5. The van der Waals surface area contributed by atoms with Gasteiger partial charge in [-0.15, -0.1) is 12.4 Å². The molecule has 2 aromatic rings. The zero-order valence-corrected chi connectivity index (χ0v) is 15.8. The summed E-state index contributed by atoms with van der Waals surface area (Å²) in [6.45, 7) is 2.54. The van der Waals surface area contributed by atoms with Crippen molar-refractivity contribution in [1.82, 2.24) is 5.32 Å². The van der Waals surface area contributed by atoms with Crippen molar-refractivity contribution < 1.29 is 4.79 Å². The molecule has 0 saturated heterocycles. The number of carbonyl (C=O) groups is 1. The summed E-state index contributed by atoms with van der Waals surface area (Å²) < 4.78 is 0. The van der Waals surface area contributed by atoms with Gasteiger partial charge in [-0.3, -0.25) is 4.79 Å². The lowest BCUT2D eigenvalue weighted by Gasteiger charge is -2.22. The second-order valence-electron chi connectivity index (χ2n) is 6.73. The minimum absolute atomic E-state index is 0. The Morgan fingerprint density at radius 2 is 1.76 bits per heavy atom. The van der Waals surface area contributed by atoms with Gasteiger partial charge in [0.15, 0.2) is 0 Å². The SMILES string of the molecule is CC(C(=O)NCC1(c2ccc(Cl)cc2)CC1)C(N)c1ccccc1.Cl. The summed E-state index contributed by atoms with van der Waals surface area (Å²) in [5, 5.41) is 3.83. The molecule has 1 aliphatic carbocycles. The van der Waals surface area contributed by atoms with Crippen LogP contribution in [-0.4, -0.2) is 12.5 Å². The average Bonchev–Trinajstić information content (AvgIpc) is 3.41. The van der Waals surface area contributed by atoms with Crippen molar-refractivity contribution in [3.05, 3.63) is 70.7 Å². The van der Waals surface area contributed by atoms with Crippen molar-refractivity contribution in [1.29, 1.82) is 0 Å². The lowest BCUT2D eigenvalue weighted by Crippen LogP contribution is -2.39. The van der Waals surface area contributed by atoms with E-state index in [9.17, 15) is 4.79 Å². The zero-order chi connectivity index (χ0) is 17.2. The molecule has 0 bridgehead atoms. The Hall–Kier alpha value is -1.55. The topological polar surface area (TPSA) is 55.1 Å². The number of amides is 1. The fourth-order valence-electron chi connectivity index (χ4n) is 3.07. The van der Waals surface area contributed by atoms with Crippen LogP contribution in [0.4, 0.5) is 0 Å². The third kappa shape index (κ3) is 4.55. The van der Waals surface area contributed by atoms with Gasteiger partial charge >= 0.3 is 0 Å². The molecule has 1 fully saturated rings. The highest BCUT2D eigenvalue weighted by Gasteiger charge is 2.44. The first kappa shape index (κ1) is 19.8. The maximum atomic E-state index is 12.5. The molecule has 3 nitrogen and oxygen atoms in total. The summed E-state index contributed by atoms with van der Waals surface area (Å²) in [4.78, 5) is 12.5. The van der Waals surface area contributed by atoms with Crippen molar-refractivity contribution in [2.75, 3.05) is 6.54 Å². The summed E-state index contributed by atoms with van der Waals surface area (Å²) in [5.41, 5.74) is 8.54. The van der Waals surface area contributed by atoms with E-state index in [-0.39, 0.29) is 35.7 Å². The fourth-order valence-corrected chi connectivity index (χ4v) is 3.19. The second-order valence-corrected chi connectivity index (χ2v) is 7.17. The van der Waals surface area contributed by atoms with Gasteiger partial charge in [-0.2, -0.15) is 0 Å². The van der Waals surface area contributed by atoms with Crippen LogP contribution < -0.4 is 11.1 Å². The molecular formula is C20H24Cl2N2O. The van der Waals surface area contributed by atoms with Crippen LogP contribution in [0.3, 0.4) is 0 Å². The Morgan fingerprint density at radius 1 is 1.16 bits per heavy atom. The molecule has 134 valence electrons. The normalized spacial score (nSPS) is 17.1. The van der Waals surface area contributed by atoms with Gasteiger partial charge in [-0.25, -0.2) is 0 Å². The second kappa shape index (κ2) is 8.22. The molecule has 25 heavy (non-hydrogen) atoms. The predicted octanol–water partition coefficient (Wildman–Crippen LogP) is 4.25. The van der Waals surface area contributed by atoms with Crippen LogP contribution in [0, 0.1) is 5.92 Å². The first-order valence-corrected chi connectivity index (χ1v) is 8.74. The Labute approximate surface area is 160 Å². The Morgan fingerprint density at radius 3 is 2.32 bits per heavy atom. The molecule has 0 heterocycles. The van der Waals surface area contributed by atoms with Gasteiger partial charge < -0.3 is 11.1 Å². The number of halogens is 2. The Balaban J connectivity index is 0.00000225. The number of rotatable bonds is 6. The van der Waals surface area contributed by atoms with Gasteiger partial charge in [-0.05, 0) is 36.1 Å². The zero-order valence-electron chi connectivity index (χ0n) is 14.2. The van der Waals surface area contributed by atoms with Gasteiger partial charge in [0.05, 0.1) is 5.92 Å². The summed E-state index contributed by atoms with van der Waals surface area (Å²) in [7, 11) is 0. The Bertz CT molecular complexity index is 699. The highest BCUT2D eigenvalue weighted by atomic mass is 35.5. The maximum absolute atomic E-state index is 12.5. The van der Waals surface area contributed by atoms with Gasteiger partial charge in [0, 0.05) is 23.0 Å². The largest absolute Gasteiger partial charge is 0.355 e. The fraction of sp³-hybridized carbons (Fsp3) is 0.350. The average molecular weight is 379 g/mol. The minimum atomic E-state index is -0.295. The van der Waals surface area contributed by atoms with E-state index in [2.05, 4.69) is 17.4 Å². The first-order valence-electron chi connectivity index (χ1n) is 8.36. The van der Waals surface area contributed by atoms with E-state index in [0.717, 1.165) is 23.4 Å². The van der Waals surface area contributed by atoms with Gasteiger partial charge in [0.25, 0.3) is 0 Å². The highest BCUT2D eigenvalue weighted by Crippen LogP contribution is 2.47. The molecule has 1 saturated carbocycles. The molecule has 2 unspecified atom stereocenters. The van der Waals surface area contributed by atoms with Crippen molar-refractivity contribution in [3.63, 3.8) is 0 Å². The van der Waals surface area contributed by atoms with E-state index in [4.69, 9.17) is 17.3 Å². The van der Waals surface area contributed by atoms with E-state index < -0.39 is 0 Å². The minimum Gasteiger partial charge on any atom is -0.355 e. The van der Waals surface area contributed by atoms with Gasteiger partial charge in [0.1, 0.15) is 0 Å². The molecule has 0 aliphatic heterocycles. The van der Waals surface area contributed by atoms with Crippen LogP contribution in [-0.2, 0) is 10.2 Å². The number of nitrogens with two attached hydrogens (primary N) is 1. The molecule has 0 radical (unpaired) electrons. The number of benzene rings is 2. The maximum Gasteiger partial charge on any atom is 0.224 e. The van der Waals surface area contributed by atoms with Crippen molar-refractivity contribution in [2.45, 2.75) is 31.2 Å². The van der Waals surface area contributed by atoms with Crippen LogP contribution in [0.25, 0.3) is 0 Å². The molecule has 2 aromatic carbocycles. The quantitative estimate of drug-likeness (QED) is 0.789. The third-order valence-electron chi connectivity index (χ3n) is 5.05. The summed E-state index contributed by atoms with van der Waals surface area (Å²) in [6, 6.07) is 17.4. The number of nitrogens with one attached hydrogen (secondary N) is 1. The van der Waals surface area contributed by atoms with Crippen LogP contribution in [0.1, 0.15) is 36.9 Å². The highest BCUT2D eigenvalue weighted by molar-refractivity contribution is 6.30. The summed E-state index contributed by atoms with van der Waals surface area (Å²) in [6.07, 6.45) is 2.18. The van der Waals surface area contributed by atoms with E-state index in [0.29, 0.717) is 6.54 Å². The monoisotopic (exact) mass is 378 g/mol. The molecular weight excluding hydrogens is 355 g/mol. The van der Waals surface area contributed by atoms with Crippen LogP contribution >= 0.6 is 24.0 Å². The number of carbonyl (C=O) groups excluding carboxylic acids is 1. The standard InChI is InChI=1S/C20H23ClN2O.ClH/c1-14(18(22)15-5-3-2-4-6-15)19(24)23-13-20(11-12-20)16-7-9-17(21)10-8-16;/h2-10,14,18H,11-13,22H2,1H3,(H,23,24);1H. The third-order valence-corrected chi connectivity index (χ3v) is 5.30. The van der Waals surface area contributed by atoms with Crippen LogP contribution in [0.2, 0.25) is 5.02 Å². The molecule has 0 aromatic heterocycles. The van der Waals surface area contributed by atoms with Crippen LogP contribution in [0.5, 0.6) is 0 Å². The Kier molecular flexibility index (Phi) is 6.50. The van der Waals surface area contributed by atoms with Crippen molar-refractivity contribution in [3.8, 4) is 0 Å². The lowest BCUT2D eigenvalue weighted by atomic mass is 9.93. The molecule has 2 atom stereocenters. The number of hydrogen-bond acceptors (Lipinski definition) is 2. The predicted molar refractivity (Wildman–Crippen MR) is 105 cm³/mol. The molecule has 3 N–H and O–H groups in total. The van der Waals surface area contributed by atoms with E-state index in [1.807, 2.05) is 49.4 Å². The summed E-state index contributed by atoms with van der Waals surface area (Å²) in [5.74, 6) is -0.264. The van der Waals surface area contributed by atoms with Crippen molar-refractivity contribution >= 4 is 29.9 Å². The van der Waals surface area contributed by atoms with Gasteiger partial charge in [-0.1, -0.05) is 61.0 Å². The molecule has 5 heteroatoms. The molecule has 1 aliphatic rings. The van der Waals surface area contributed by atoms with E-state index in [1.54, 1.807) is 0 Å². The summed E-state index contributed by atoms with van der Waals surface area (Å²) >= 11 is 5.96. The molecule has 1 amide bonds. The molecule has 0 spiro atoms. The number of hydrogen-bond donors (Lipinski definition) is 2. The van der Waals surface area contributed by atoms with Gasteiger partial charge in [0.2, 0.25) is 5.91 Å². The smallest absolute Gasteiger partial charge is 0.224 e. The van der Waals surface area contributed by atoms with E-state index in [1.165, 1.54) is 5.56 Å². The van der Waals surface area contributed by atoms with Crippen LogP contribution in [0.15, 0.2) is 54.6 Å². The van der Waals surface area contributed by atoms with E-state index >= 15 is 0 Å². The van der Waals surface area contributed by atoms with Crippen molar-refractivity contribution in [2.24, 2.45) is 11.7 Å². The molecule has 3 rings (SSSR count).